The summed E-state index contributed by atoms with van der Waals surface area (Å²) in [6.45, 7) is 4.57. The topological polar surface area (TPSA) is 47.0 Å². The number of aromatic nitrogens is 2. The van der Waals surface area contributed by atoms with Crippen molar-refractivity contribution in [1.82, 2.24) is 15.3 Å². The molecule has 14 heavy (non-hydrogen) atoms. The fourth-order valence-electron chi connectivity index (χ4n) is 1.53. The lowest BCUT2D eigenvalue weighted by molar-refractivity contribution is 0.171. The van der Waals surface area contributed by atoms with Crippen molar-refractivity contribution >= 4 is 0 Å². The zero-order valence-electron chi connectivity index (χ0n) is 8.36. The van der Waals surface area contributed by atoms with Crippen LogP contribution in [0.25, 0.3) is 0 Å². The molecule has 1 fully saturated rings. The summed E-state index contributed by atoms with van der Waals surface area (Å²) < 4.78 is 5.35. The van der Waals surface area contributed by atoms with Gasteiger partial charge in [0.25, 0.3) is 0 Å². The minimum atomic E-state index is 0.109. The van der Waals surface area contributed by atoms with Gasteiger partial charge in [0.2, 0.25) is 0 Å². The van der Waals surface area contributed by atoms with Gasteiger partial charge in [-0.15, -0.1) is 0 Å². The molecule has 0 radical (unpaired) electrons. The Morgan fingerprint density at radius 1 is 1.57 bits per heavy atom. The van der Waals surface area contributed by atoms with Gasteiger partial charge >= 0.3 is 0 Å². The minimum absolute atomic E-state index is 0.109. The maximum absolute atomic E-state index is 5.35. The Balaban J connectivity index is 1.88. The summed E-state index contributed by atoms with van der Waals surface area (Å²) in [5.74, 6) is 0. The van der Waals surface area contributed by atoms with E-state index >= 15 is 0 Å². The molecule has 1 aromatic rings. The van der Waals surface area contributed by atoms with Gasteiger partial charge in [0.05, 0.1) is 12.3 Å². The van der Waals surface area contributed by atoms with E-state index in [1.165, 1.54) is 0 Å². The summed E-state index contributed by atoms with van der Waals surface area (Å²) >= 11 is 0. The molecule has 2 heterocycles. The van der Waals surface area contributed by atoms with E-state index in [-0.39, 0.29) is 5.54 Å². The van der Waals surface area contributed by atoms with E-state index in [2.05, 4.69) is 22.2 Å². The summed E-state index contributed by atoms with van der Waals surface area (Å²) in [5, 5.41) is 3.45. The molecule has 0 bridgehead atoms. The van der Waals surface area contributed by atoms with E-state index in [0.717, 1.165) is 31.9 Å². The molecule has 1 aliphatic heterocycles. The standard InChI is InChI=1S/C10H15N3O/c1-10(2-5-14-8-10)13-7-9-6-11-3-4-12-9/h3-4,6,13H,2,5,7-8H2,1H3. The molecule has 76 valence electrons. The first-order valence-corrected chi connectivity index (χ1v) is 4.86. The number of nitrogens with one attached hydrogen (secondary N) is 1. The third-order valence-corrected chi connectivity index (χ3v) is 2.53. The van der Waals surface area contributed by atoms with Gasteiger partial charge in [0.1, 0.15) is 0 Å². The second-order valence-corrected chi connectivity index (χ2v) is 3.91. The largest absolute Gasteiger partial charge is 0.379 e. The second-order valence-electron chi connectivity index (χ2n) is 3.91. The minimum Gasteiger partial charge on any atom is -0.379 e. The summed E-state index contributed by atoms with van der Waals surface area (Å²) in [6.07, 6.45) is 6.24. The maximum atomic E-state index is 5.35. The first-order chi connectivity index (χ1) is 6.79. The fourth-order valence-corrected chi connectivity index (χ4v) is 1.53. The van der Waals surface area contributed by atoms with E-state index in [9.17, 15) is 0 Å². The van der Waals surface area contributed by atoms with Crippen LogP contribution in [0.15, 0.2) is 18.6 Å². The maximum Gasteiger partial charge on any atom is 0.0724 e. The van der Waals surface area contributed by atoms with Crippen LogP contribution in [0.4, 0.5) is 0 Å². The Morgan fingerprint density at radius 2 is 2.50 bits per heavy atom. The summed E-state index contributed by atoms with van der Waals surface area (Å²) in [6, 6.07) is 0. The highest BCUT2D eigenvalue weighted by atomic mass is 16.5. The molecular formula is C10H15N3O. The molecule has 0 aromatic carbocycles. The third-order valence-electron chi connectivity index (χ3n) is 2.53. The van der Waals surface area contributed by atoms with Crippen LogP contribution in [0.3, 0.4) is 0 Å². The van der Waals surface area contributed by atoms with Gasteiger partial charge in [0, 0.05) is 37.3 Å². The molecule has 0 saturated carbocycles. The SMILES string of the molecule is CC1(NCc2cnccn2)CCOC1. The second kappa shape index (κ2) is 4.02. The predicted octanol–water partition coefficient (Wildman–Crippen LogP) is 0.745. The Kier molecular flexibility index (Phi) is 2.74. The highest BCUT2D eigenvalue weighted by Gasteiger charge is 2.28. The highest BCUT2D eigenvalue weighted by molar-refractivity contribution is 4.97. The van der Waals surface area contributed by atoms with Gasteiger partial charge in [-0.25, -0.2) is 0 Å². The molecule has 1 aromatic heterocycles. The van der Waals surface area contributed by atoms with Crippen molar-refractivity contribution in [3.05, 3.63) is 24.3 Å². The highest BCUT2D eigenvalue weighted by Crippen LogP contribution is 2.17. The van der Waals surface area contributed by atoms with E-state index in [1.54, 1.807) is 18.6 Å². The monoisotopic (exact) mass is 193 g/mol. The molecule has 2 rings (SSSR count). The number of hydrogen-bond acceptors (Lipinski definition) is 4. The Bertz CT molecular complexity index is 283. The van der Waals surface area contributed by atoms with Crippen molar-refractivity contribution in [2.75, 3.05) is 13.2 Å². The quantitative estimate of drug-likeness (QED) is 0.769. The third kappa shape index (κ3) is 2.27. The number of hydrogen-bond donors (Lipinski definition) is 1. The molecule has 1 aliphatic rings. The first kappa shape index (κ1) is 9.55. The average molecular weight is 193 g/mol. The smallest absolute Gasteiger partial charge is 0.0724 e. The van der Waals surface area contributed by atoms with Crippen molar-refractivity contribution in [3.63, 3.8) is 0 Å². The predicted molar refractivity (Wildman–Crippen MR) is 52.7 cm³/mol. The normalized spacial score (nSPS) is 26.6. The Morgan fingerprint density at radius 3 is 3.14 bits per heavy atom. The molecule has 0 aliphatic carbocycles. The first-order valence-electron chi connectivity index (χ1n) is 4.86. The molecule has 1 saturated heterocycles. The number of ether oxygens (including phenoxy) is 1. The average Bonchev–Trinajstić information content (AvgIpc) is 2.65. The van der Waals surface area contributed by atoms with Gasteiger partial charge in [-0.2, -0.15) is 0 Å². The molecule has 1 atom stereocenters. The van der Waals surface area contributed by atoms with Crippen LogP contribution < -0.4 is 5.32 Å². The van der Waals surface area contributed by atoms with E-state index in [0.29, 0.717) is 0 Å². The van der Waals surface area contributed by atoms with Gasteiger partial charge in [-0.1, -0.05) is 0 Å². The molecular weight excluding hydrogens is 178 g/mol. The fraction of sp³-hybridized carbons (Fsp3) is 0.600. The van der Waals surface area contributed by atoms with Crippen LogP contribution in [-0.4, -0.2) is 28.7 Å². The van der Waals surface area contributed by atoms with Crippen LogP contribution in [-0.2, 0) is 11.3 Å². The van der Waals surface area contributed by atoms with Gasteiger partial charge < -0.3 is 10.1 Å². The van der Waals surface area contributed by atoms with Gasteiger partial charge in [-0.3, -0.25) is 9.97 Å². The van der Waals surface area contributed by atoms with E-state index in [1.807, 2.05) is 0 Å². The van der Waals surface area contributed by atoms with Gasteiger partial charge in [-0.05, 0) is 13.3 Å². The number of nitrogens with zero attached hydrogens (tertiary/aromatic N) is 2. The Labute approximate surface area is 83.7 Å². The van der Waals surface area contributed by atoms with Crippen molar-refractivity contribution in [2.45, 2.75) is 25.4 Å². The van der Waals surface area contributed by atoms with E-state index in [4.69, 9.17) is 4.74 Å². The van der Waals surface area contributed by atoms with Crippen LogP contribution in [0.2, 0.25) is 0 Å². The van der Waals surface area contributed by atoms with Crippen LogP contribution >= 0.6 is 0 Å². The van der Waals surface area contributed by atoms with Crippen LogP contribution in [0.5, 0.6) is 0 Å². The zero-order chi connectivity index (χ0) is 9.86. The lowest BCUT2D eigenvalue weighted by Crippen LogP contribution is -2.42. The zero-order valence-corrected chi connectivity index (χ0v) is 8.36. The molecule has 1 N–H and O–H groups in total. The van der Waals surface area contributed by atoms with Crippen molar-refractivity contribution in [1.29, 1.82) is 0 Å². The van der Waals surface area contributed by atoms with Crippen LogP contribution in [0, 0.1) is 0 Å². The molecule has 4 nitrogen and oxygen atoms in total. The molecule has 0 amide bonds. The summed E-state index contributed by atoms with van der Waals surface area (Å²) in [4.78, 5) is 8.22. The van der Waals surface area contributed by atoms with Crippen molar-refractivity contribution < 1.29 is 4.74 Å². The molecule has 0 spiro atoms. The van der Waals surface area contributed by atoms with Crippen molar-refractivity contribution in [3.8, 4) is 0 Å². The van der Waals surface area contributed by atoms with Gasteiger partial charge in [0.15, 0.2) is 0 Å². The number of rotatable bonds is 3. The lowest BCUT2D eigenvalue weighted by atomic mass is 10.0. The van der Waals surface area contributed by atoms with E-state index < -0.39 is 0 Å². The Hall–Kier alpha value is -1.00. The lowest BCUT2D eigenvalue weighted by Gasteiger charge is -2.23. The van der Waals surface area contributed by atoms with Crippen molar-refractivity contribution in [2.24, 2.45) is 0 Å². The van der Waals surface area contributed by atoms with Crippen LogP contribution in [0.1, 0.15) is 19.0 Å². The summed E-state index contributed by atoms with van der Waals surface area (Å²) in [5.41, 5.74) is 1.08. The molecule has 1 unspecified atom stereocenters. The molecule has 4 heteroatoms. The summed E-state index contributed by atoms with van der Waals surface area (Å²) in [7, 11) is 0.